The third-order valence-corrected chi connectivity index (χ3v) is 2.63. The van der Waals surface area contributed by atoms with Gasteiger partial charge < -0.3 is 0 Å². The van der Waals surface area contributed by atoms with Gasteiger partial charge in [-0.15, -0.1) is 0 Å². The summed E-state index contributed by atoms with van der Waals surface area (Å²) in [4.78, 5) is 12.7. The molecule has 70 valence electrons. The van der Waals surface area contributed by atoms with E-state index < -0.39 is 0 Å². The summed E-state index contributed by atoms with van der Waals surface area (Å²) in [6.07, 6.45) is 1.76. The van der Waals surface area contributed by atoms with E-state index in [4.69, 9.17) is 0 Å². The Hall–Kier alpha value is -0.310. The smallest absolute Gasteiger partial charge is 0.192 e. The van der Waals surface area contributed by atoms with E-state index >= 15 is 0 Å². The van der Waals surface area contributed by atoms with E-state index in [0.29, 0.717) is 0 Å². The first kappa shape index (κ1) is 10.2. The normalized spacial score (nSPS) is 10.1. The van der Waals surface area contributed by atoms with Crippen LogP contribution in [0, 0.1) is 7.53 Å². The van der Waals surface area contributed by atoms with Crippen molar-refractivity contribution in [2.75, 3.05) is 0 Å². The highest BCUT2D eigenvalue weighted by Gasteiger charge is 2.03. The Labute approximate surface area is 109 Å². The van der Waals surface area contributed by atoms with Crippen molar-refractivity contribution in [3.8, 4) is 11.4 Å². The van der Waals surface area contributed by atoms with Gasteiger partial charge in [0.2, 0.25) is 0 Å². The summed E-state index contributed by atoms with van der Waals surface area (Å²) < 4.78 is 1.68. The van der Waals surface area contributed by atoms with Crippen molar-refractivity contribution < 1.29 is 0 Å². The Morgan fingerprint density at radius 2 is 1.86 bits per heavy atom. The van der Waals surface area contributed by atoms with Crippen molar-refractivity contribution >= 4 is 45.2 Å². The number of nitrogens with zero attached hydrogens (tertiary/aromatic N) is 3. The van der Waals surface area contributed by atoms with Gasteiger partial charge in [-0.05, 0) is 40.8 Å². The number of hydrogen-bond donors (Lipinski definition) is 0. The van der Waals surface area contributed by atoms with Crippen molar-refractivity contribution in [1.29, 1.82) is 0 Å². The van der Waals surface area contributed by atoms with Crippen molar-refractivity contribution in [2.45, 2.75) is 0 Å². The zero-order valence-corrected chi connectivity index (χ0v) is 11.3. The SMILES string of the molecule is Ic1cc(-c2ccccn2)nc(I)n1. The van der Waals surface area contributed by atoms with Crippen LogP contribution >= 0.6 is 45.2 Å². The molecule has 0 bridgehead atoms. The molecule has 0 saturated heterocycles. The van der Waals surface area contributed by atoms with E-state index in [1.54, 1.807) is 6.20 Å². The van der Waals surface area contributed by atoms with E-state index in [1.807, 2.05) is 24.3 Å². The molecule has 0 atom stereocenters. The second-order valence-electron chi connectivity index (χ2n) is 2.56. The molecule has 14 heavy (non-hydrogen) atoms. The van der Waals surface area contributed by atoms with Gasteiger partial charge in [-0.2, -0.15) is 0 Å². The van der Waals surface area contributed by atoms with E-state index in [0.717, 1.165) is 18.9 Å². The maximum atomic E-state index is 4.31. The molecule has 0 aliphatic rings. The standard InChI is InChI=1S/C9H5I2N3/c10-8-5-7(13-9(11)14-8)6-3-1-2-4-12-6/h1-5H. The average molecular weight is 409 g/mol. The van der Waals surface area contributed by atoms with Gasteiger partial charge in [0.15, 0.2) is 3.83 Å². The van der Waals surface area contributed by atoms with E-state index in [1.165, 1.54) is 0 Å². The van der Waals surface area contributed by atoms with E-state index in [9.17, 15) is 0 Å². The molecule has 0 aliphatic heterocycles. The second-order valence-corrected chi connectivity index (χ2v) is 4.63. The van der Waals surface area contributed by atoms with Crippen LogP contribution in [0.3, 0.4) is 0 Å². The molecule has 0 N–H and O–H groups in total. The van der Waals surface area contributed by atoms with Gasteiger partial charge in [0.25, 0.3) is 0 Å². The van der Waals surface area contributed by atoms with E-state index in [2.05, 4.69) is 60.1 Å². The Morgan fingerprint density at radius 1 is 1.00 bits per heavy atom. The van der Waals surface area contributed by atoms with Gasteiger partial charge in [0, 0.05) is 28.8 Å². The molecule has 2 aromatic heterocycles. The van der Waals surface area contributed by atoms with Crippen LogP contribution in [-0.4, -0.2) is 15.0 Å². The van der Waals surface area contributed by atoms with Gasteiger partial charge >= 0.3 is 0 Å². The molecule has 2 aromatic rings. The van der Waals surface area contributed by atoms with Crippen LogP contribution in [0.15, 0.2) is 30.5 Å². The third-order valence-electron chi connectivity index (χ3n) is 1.59. The molecule has 2 rings (SSSR count). The molecule has 0 amide bonds. The summed E-state index contributed by atoms with van der Waals surface area (Å²) >= 11 is 4.28. The van der Waals surface area contributed by atoms with Gasteiger partial charge in [-0.25, -0.2) is 9.97 Å². The van der Waals surface area contributed by atoms with Crippen LogP contribution in [0.25, 0.3) is 11.4 Å². The summed E-state index contributed by atoms with van der Waals surface area (Å²) in [5, 5.41) is 0. The molecule has 0 spiro atoms. The minimum atomic E-state index is 0.746. The van der Waals surface area contributed by atoms with Crippen LogP contribution in [-0.2, 0) is 0 Å². The largest absolute Gasteiger partial charge is 0.255 e. The predicted octanol–water partition coefficient (Wildman–Crippen LogP) is 2.75. The van der Waals surface area contributed by atoms with Gasteiger partial charge in [0.1, 0.15) is 3.70 Å². The average Bonchev–Trinajstić information content (AvgIpc) is 2.18. The van der Waals surface area contributed by atoms with Gasteiger partial charge in [0.05, 0.1) is 11.4 Å². The molecular formula is C9H5I2N3. The Morgan fingerprint density at radius 3 is 2.50 bits per heavy atom. The van der Waals surface area contributed by atoms with Gasteiger partial charge in [-0.3, -0.25) is 4.98 Å². The summed E-state index contributed by atoms with van der Waals surface area (Å²) in [6.45, 7) is 0. The maximum Gasteiger partial charge on any atom is 0.192 e. The van der Waals surface area contributed by atoms with Crippen LogP contribution in [0.1, 0.15) is 0 Å². The van der Waals surface area contributed by atoms with Crippen molar-refractivity contribution in [2.24, 2.45) is 0 Å². The second kappa shape index (κ2) is 4.47. The van der Waals surface area contributed by atoms with Crippen LogP contribution in [0.5, 0.6) is 0 Å². The molecule has 2 heterocycles. The highest BCUT2D eigenvalue weighted by molar-refractivity contribution is 14.1. The molecule has 0 unspecified atom stereocenters. The molecule has 5 heteroatoms. The van der Waals surface area contributed by atoms with Gasteiger partial charge in [-0.1, -0.05) is 6.07 Å². The van der Waals surface area contributed by atoms with Crippen LogP contribution < -0.4 is 0 Å². The number of rotatable bonds is 1. The number of aromatic nitrogens is 3. The van der Waals surface area contributed by atoms with Crippen molar-refractivity contribution in [1.82, 2.24) is 15.0 Å². The van der Waals surface area contributed by atoms with Crippen molar-refractivity contribution in [3.63, 3.8) is 0 Å². The summed E-state index contributed by atoms with van der Waals surface area (Å²) in [5.74, 6) is 0. The summed E-state index contributed by atoms with van der Waals surface area (Å²) in [6, 6.07) is 7.70. The fraction of sp³-hybridized carbons (Fsp3) is 0. The summed E-state index contributed by atoms with van der Waals surface area (Å²) in [5.41, 5.74) is 1.75. The fourth-order valence-electron chi connectivity index (χ4n) is 1.04. The highest BCUT2D eigenvalue weighted by Crippen LogP contribution is 2.16. The minimum absolute atomic E-state index is 0.746. The minimum Gasteiger partial charge on any atom is -0.255 e. The lowest BCUT2D eigenvalue weighted by molar-refractivity contribution is 1.07. The fourth-order valence-corrected chi connectivity index (χ4v) is 2.54. The first-order valence-electron chi connectivity index (χ1n) is 3.87. The highest BCUT2D eigenvalue weighted by atomic mass is 127. The number of hydrogen-bond acceptors (Lipinski definition) is 3. The molecule has 3 nitrogen and oxygen atoms in total. The molecule has 0 radical (unpaired) electrons. The lowest BCUT2D eigenvalue weighted by Gasteiger charge is -2.00. The third kappa shape index (κ3) is 2.38. The predicted molar refractivity (Wildman–Crippen MR) is 70.7 cm³/mol. The Kier molecular flexibility index (Phi) is 3.26. The monoisotopic (exact) mass is 409 g/mol. The first-order chi connectivity index (χ1) is 6.75. The molecular weight excluding hydrogens is 404 g/mol. The Bertz CT molecular complexity index is 425. The van der Waals surface area contributed by atoms with Crippen LogP contribution in [0.2, 0.25) is 0 Å². The maximum absolute atomic E-state index is 4.31. The first-order valence-corrected chi connectivity index (χ1v) is 6.03. The number of halogens is 2. The molecule has 0 aromatic carbocycles. The lowest BCUT2D eigenvalue weighted by atomic mass is 10.3. The topological polar surface area (TPSA) is 38.7 Å². The lowest BCUT2D eigenvalue weighted by Crippen LogP contribution is -1.94. The van der Waals surface area contributed by atoms with Crippen LogP contribution in [0.4, 0.5) is 0 Å². The quantitative estimate of drug-likeness (QED) is 0.413. The Balaban J connectivity index is 2.52. The molecule has 0 aliphatic carbocycles. The van der Waals surface area contributed by atoms with Crippen molar-refractivity contribution in [3.05, 3.63) is 38.0 Å². The molecule has 0 fully saturated rings. The molecule has 0 saturated carbocycles. The zero-order chi connectivity index (χ0) is 9.97. The summed E-state index contributed by atoms with van der Waals surface area (Å²) in [7, 11) is 0. The zero-order valence-electron chi connectivity index (χ0n) is 6.98. The van der Waals surface area contributed by atoms with E-state index in [-0.39, 0.29) is 0 Å². The number of pyridine rings is 1.